The van der Waals surface area contributed by atoms with Crippen molar-refractivity contribution in [3.63, 3.8) is 0 Å². The van der Waals surface area contributed by atoms with E-state index in [0.717, 1.165) is 37.3 Å². The zero-order valence-electron chi connectivity index (χ0n) is 15.7. The lowest BCUT2D eigenvalue weighted by Gasteiger charge is -2.24. The first-order valence-electron chi connectivity index (χ1n) is 9.64. The first-order chi connectivity index (χ1) is 13.9. The van der Waals surface area contributed by atoms with Crippen molar-refractivity contribution >= 4 is 11.0 Å². The van der Waals surface area contributed by atoms with Crippen LogP contribution in [-0.2, 0) is 12.7 Å². The summed E-state index contributed by atoms with van der Waals surface area (Å²) in [5.74, 6) is -1.49. The topological polar surface area (TPSA) is 54.9 Å². The van der Waals surface area contributed by atoms with Crippen molar-refractivity contribution < 1.29 is 27.6 Å². The second-order valence-electron chi connectivity index (χ2n) is 7.43. The molecule has 0 atom stereocenters. The summed E-state index contributed by atoms with van der Waals surface area (Å²) >= 11 is 0. The fourth-order valence-electron chi connectivity index (χ4n) is 4.02. The van der Waals surface area contributed by atoms with Crippen LogP contribution < -0.4 is 10.3 Å². The van der Waals surface area contributed by atoms with E-state index in [1.165, 1.54) is 24.3 Å². The maximum atomic E-state index is 13.8. The molecule has 2 aromatic carbocycles. The van der Waals surface area contributed by atoms with E-state index in [1.807, 2.05) is 0 Å². The molecule has 1 aliphatic heterocycles. The maximum absolute atomic E-state index is 13.8. The molecule has 0 unspecified atom stereocenters. The first kappa shape index (κ1) is 19.5. The van der Waals surface area contributed by atoms with Gasteiger partial charge in [0.15, 0.2) is 5.58 Å². The minimum absolute atomic E-state index is 0.0427. The van der Waals surface area contributed by atoms with Gasteiger partial charge in [-0.05, 0) is 37.0 Å². The van der Waals surface area contributed by atoms with Gasteiger partial charge < -0.3 is 14.4 Å². The van der Waals surface area contributed by atoms with Crippen LogP contribution in [0.1, 0.15) is 30.6 Å². The highest BCUT2D eigenvalue weighted by molar-refractivity contribution is 5.86. The predicted molar refractivity (Wildman–Crippen MR) is 103 cm³/mol. The van der Waals surface area contributed by atoms with E-state index in [2.05, 4.69) is 0 Å². The average molecular weight is 404 g/mol. The zero-order chi connectivity index (χ0) is 20.6. The molecule has 7 heteroatoms. The predicted octanol–water partition coefficient (Wildman–Crippen LogP) is 3.75. The Hall–Kier alpha value is -2.80. The fraction of sp³-hybridized carbons (Fsp3) is 0.318. The van der Waals surface area contributed by atoms with E-state index in [-0.39, 0.29) is 27.8 Å². The van der Waals surface area contributed by atoms with Gasteiger partial charge in [0.05, 0.1) is 29.6 Å². The highest BCUT2D eigenvalue weighted by Crippen LogP contribution is 2.38. The molecule has 0 aliphatic carbocycles. The molecule has 0 amide bonds. The molecule has 0 spiro atoms. The van der Waals surface area contributed by atoms with E-state index in [0.29, 0.717) is 6.54 Å². The van der Waals surface area contributed by atoms with E-state index in [4.69, 9.17) is 4.42 Å². The number of likely N-dealkylation sites (tertiary alicyclic amines) is 1. The normalized spacial score (nSPS) is 15.7. The van der Waals surface area contributed by atoms with Crippen LogP contribution in [-0.4, -0.2) is 18.2 Å². The molecule has 0 radical (unpaired) electrons. The van der Waals surface area contributed by atoms with Crippen LogP contribution in [0.2, 0.25) is 0 Å². The molecule has 29 heavy (non-hydrogen) atoms. The van der Waals surface area contributed by atoms with Crippen LogP contribution in [0.4, 0.5) is 13.2 Å². The van der Waals surface area contributed by atoms with Gasteiger partial charge in [-0.25, -0.2) is 0 Å². The van der Waals surface area contributed by atoms with Crippen LogP contribution in [0, 0.1) is 0 Å². The Morgan fingerprint density at radius 1 is 1.00 bits per heavy atom. The van der Waals surface area contributed by atoms with Crippen LogP contribution in [0.3, 0.4) is 0 Å². The Labute approximate surface area is 165 Å². The molecular weight excluding hydrogens is 383 g/mol. The number of phenolic OH excluding ortho intramolecular Hbond substituents is 1. The smallest absolute Gasteiger partial charge is 0.450 e. The molecule has 1 aliphatic rings. The molecule has 1 fully saturated rings. The van der Waals surface area contributed by atoms with Gasteiger partial charge in [-0.15, -0.1) is 0 Å². The number of quaternary nitrogens is 1. The van der Waals surface area contributed by atoms with E-state index < -0.39 is 22.9 Å². The molecule has 3 aromatic rings. The van der Waals surface area contributed by atoms with Gasteiger partial charge in [0.2, 0.25) is 11.2 Å². The Morgan fingerprint density at radius 2 is 1.69 bits per heavy atom. The van der Waals surface area contributed by atoms with Crippen LogP contribution in [0.5, 0.6) is 5.75 Å². The summed E-state index contributed by atoms with van der Waals surface area (Å²) in [4.78, 5) is 14.3. The number of rotatable bonds is 3. The second kappa shape index (κ2) is 7.55. The van der Waals surface area contributed by atoms with E-state index in [1.54, 1.807) is 18.2 Å². The largest absolute Gasteiger partial charge is 0.507 e. The highest BCUT2D eigenvalue weighted by atomic mass is 19.4. The van der Waals surface area contributed by atoms with Crippen LogP contribution in [0.25, 0.3) is 22.1 Å². The minimum Gasteiger partial charge on any atom is -0.507 e. The molecule has 1 aromatic heterocycles. The maximum Gasteiger partial charge on any atom is 0.450 e. The molecule has 4 rings (SSSR count). The summed E-state index contributed by atoms with van der Waals surface area (Å²) in [5.41, 5.74) is -1.04. The van der Waals surface area contributed by atoms with Gasteiger partial charge in [-0.3, -0.25) is 4.79 Å². The quantitative estimate of drug-likeness (QED) is 0.699. The molecule has 0 bridgehead atoms. The lowest BCUT2D eigenvalue weighted by Crippen LogP contribution is -3.11. The standard InChI is InChI=1S/C22H20F3NO3/c23-22(24,25)21-18(14-7-3-1-4-8-14)19(28)15-9-10-17(27)16(20(15)29-21)13-26-11-5-2-6-12-26/h1,3-4,7-10,27H,2,5-6,11-13H2/p+1. The summed E-state index contributed by atoms with van der Waals surface area (Å²) in [7, 11) is 0. The summed E-state index contributed by atoms with van der Waals surface area (Å²) in [6.45, 7) is 2.05. The van der Waals surface area contributed by atoms with Gasteiger partial charge in [0.1, 0.15) is 12.3 Å². The number of hydrogen-bond acceptors (Lipinski definition) is 3. The summed E-state index contributed by atoms with van der Waals surface area (Å²) < 4.78 is 46.8. The number of aromatic hydroxyl groups is 1. The Morgan fingerprint density at radius 3 is 2.34 bits per heavy atom. The Bertz CT molecular complexity index is 1080. The van der Waals surface area contributed by atoms with Gasteiger partial charge in [-0.1, -0.05) is 30.3 Å². The van der Waals surface area contributed by atoms with Crippen molar-refractivity contribution in [3.05, 3.63) is 64.0 Å². The molecular formula is C22H21F3NO3+. The number of halogens is 3. The van der Waals surface area contributed by atoms with E-state index in [9.17, 15) is 23.1 Å². The van der Waals surface area contributed by atoms with Crippen molar-refractivity contribution in [1.29, 1.82) is 0 Å². The van der Waals surface area contributed by atoms with Crippen molar-refractivity contribution in [2.75, 3.05) is 13.1 Å². The van der Waals surface area contributed by atoms with E-state index >= 15 is 0 Å². The molecule has 1 saturated heterocycles. The van der Waals surface area contributed by atoms with Crippen LogP contribution in [0.15, 0.2) is 51.7 Å². The zero-order valence-corrected chi connectivity index (χ0v) is 15.7. The highest BCUT2D eigenvalue weighted by Gasteiger charge is 2.40. The molecule has 2 heterocycles. The fourth-order valence-corrected chi connectivity index (χ4v) is 4.02. The summed E-state index contributed by atoms with van der Waals surface area (Å²) in [6.07, 6.45) is -1.68. The number of alkyl halides is 3. The first-order valence-corrected chi connectivity index (χ1v) is 9.64. The molecule has 4 nitrogen and oxygen atoms in total. The summed E-state index contributed by atoms with van der Waals surface area (Å²) in [5, 5.41) is 10.4. The van der Waals surface area contributed by atoms with Crippen molar-refractivity contribution in [2.45, 2.75) is 32.0 Å². The summed E-state index contributed by atoms with van der Waals surface area (Å²) in [6, 6.07) is 10.4. The van der Waals surface area contributed by atoms with Crippen molar-refractivity contribution in [2.24, 2.45) is 0 Å². The molecule has 152 valence electrons. The number of piperidine rings is 1. The van der Waals surface area contributed by atoms with Gasteiger partial charge in [-0.2, -0.15) is 13.2 Å². The van der Waals surface area contributed by atoms with Crippen LogP contribution >= 0.6 is 0 Å². The Balaban J connectivity index is 1.97. The van der Waals surface area contributed by atoms with Crippen molar-refractivity contribution in [1.82, 2.24) is 0 Å². The second-order valence-corrected chi connectivity index (χ2v) is 7.43. The third kappa shape index (κ3) is 3.74. The van der Waals surface area contributed by atoms with Gasteiger partial charge in [0, 0.05) is 0 Å². The lowest BCUT2D eigenvalue weighted by molar-refractivity contribution is -0.918. The number of fused-ring (bicyclic) bond motifs is 1. The average Bonchev–Trinajstić information content (AvgIpc) is 2.70. The number of benzene rings is 2. The number of nitrogens with one attached hydrogen (secondary N) is 1. The third-order valence-electron chi connectivity index (χ3n) is 5.45. The van der Waals surface area contributed by atoms with Gasteiger partial charge in [0.25, 0.3) is 0 Å². The third-order valence-corrected chi connectivity index (χ3v) is 5.45. The SMILES string of the molecule is O=c1c(-c2ccccc2)c(C(F)(F)F)oc2c(C[NH+]3CCCCC3)c(O)ccc12. The van der Waals surface area contributed by atoms with Crippen molar-refractivity contribution in [3.8, 4) is 16.9 Å². The van der Waals surface area contributed by atoms with Gasteiger partial charge >= 0.3 is 6.18 Å². The molecule has 2 N–H and O–H groups in total. The number of hydrogen-bond donors (Lipinski definition) is 2. The monoisotopic (exact) mass is 404 g/mol. The number of phenols is 1. The lowest BCUT2D eigenvalue weighted by atomic mass is 10.00. The Kier molecular flexibility index (Phi) is 5.08. The molecule has 0 saturated carbocycles. The minimum atomic E-state index is -4.85.